The number of hydrogen-bond acceptors (Lipinski definition) is 4. The van der Waals surface area contributed by atoms with Crippen molar-refractivity contribution in [2.24, 2.45) is 0 Å². The fourth-order valence-electron chi connectivity index (χ4n) is 3.06. The summed E-state index contributed by atoms with van der Waals surface area (Å²) in [5.41, 5.74) is 0.909. The standard InChI is InChI=1S/C18H20F3N3O2S.ClH/c1-2-23-9-11-24(12-10-23)15-6-4-3-5-14(15)22-27(25,26)16-8-7-13(19)17(20)18(16)21;/h3-8,22H,2,9-12H2,1H3;1H. The third-order valence-electron chi connectivity index (χ3n) is 4.60. The van der Waals surface area contributed by atoms with Gasteiger partial charge in [0.25, 0.3) is 10.0 Å². The number of halogens is 4. The van der Waals surface area contributed by atoms with Gasteiger partial charge in [-0.15, -0.1) is 12.4 Å². The molecule has 0 aromatic heterocycles. The van der Waals surface area contributed by atoms with Gasteiger partial charge in [-0.3, -0.25) is 4.72 Å². The third kappa shape index (κ3) is 4.53. The second-order valence-corrected chi connectivity index (χ2v) is 7.87. The zero-order chi connectivity index (χ0) is 19.6. The van der Waals surface area contributed by atoms with Gasteiger partial charge >= 0.3 is 0 Å². The van der Waals surface area contributed by atoms with Crippen LogP contribution in [0, 0.1) is 17.5 Å². The van der Waals surface area contributed by atoms with Gasteiger partial charge in [-0.2, -0.15) is 0 Å². The molecule has 1 aliphatic rings. The molecular formula is C18H21ClF3N3O2S. The zero-order valence-corrected chi connectivity index (χ0v) is 16.8. The first-order valence-electron chi connectivity index (χ1n) is 8.56. The van der Waals surface area contributed by atoms with Gasteiger partial charge in [0, 0.05) is 26.2 Å². The van der Waals surface area contributed by atoms with Crippen LogP contribution in [0.5, 0.6) is 0 Å². The Morgan fingerprint density at radius 3 is 2.25 bits per heavy atom. The van der Waals surface area contributed by atoms with E-state index in [1.54, 1.807) is 24.3 Å². The van der Waals surface area contributed by atoms with Crippen LogP contribution in [0.25, 0.3) is 0 Å². The highest BCUT2D eigenvalue weighted by molar-refractivity contribution is 7.92. The first-order chi connectivity index (χ1) is 12.8. The smallest absolute Gasteiger partial charge is 0.265 e. The SMILES string of the molecule is CCN1CCN(c2ccccc2NS(=O)(=O)c2ccc(F)c(F)c2F)CC1.Cl. The summed E-state index contributed by atoms with van der Waals surface area (Å²) in [5.74, 6) is -5.00. The van der Waals surface area contributed by atoms with Crippen LogP contribution in [-0.2, 0) is 10.0 Å². The first-order valence-corrected chi connectivity index (χ1v) is 10.0. The summed E-state index contributed by atoms with van der Waals surface area (Å²) in [6, 6.07) is 8.03. The topological polar surface area (TPSA) is 52.6 Å². The number of nitrogens with zero attached hydrogens (tertiary/aromatic N) is 2. The molecule has 0 bridgehead atoms. The average molecular weight is 436 g/mol. The lowest BCUT2D eigenvalue weighted by Crippen LogP contribution is -2.46. The molecule has 1 heterocycles. The predicted octanol–water partition coefficient (Wildman–Crippen LogP) is 3.47. The van der Waals surface area contributed by atoms with E-state index in [0.717, 1.165) is 19.6 Å². The van der Waals surface area contributed by atoms with Gasteiger partial charge in [-0.1, -0.05) is 19.1 Å². The van der Waals surface area contributed by atoms with E-state index in [1.807, 2.05) is 4.90 Å². The van der Waals surface area contributed by atoms with Crippen molar-refractivity contribution in [1.29, 1.82) is 0 Å². The molecule has 0 atom stereocenters. The van der Waals surface area contributed by atoms with Crippen LogP contribution in [0.15, 0.2) is 41.3 Å². The van der Waals surface area contributed by atoms with Crippen molar-refractivity contribution in [3.63, 3.8) is 0 Å². The second kappa shape index (κ2) is 9.02. The summed E-state index contributed by atoms with van der Waals surface area (Å²) in [6.07, 6.45) is 0. The van der Waals surface area contributed by atoms with Gasteiger partial charge in [0.2, 0.25) is 0 Å². The maximum Gasteiger partial charge on any atom is 0.265 e. The van der Waals surface area contributed by atoms with E-state index < -0.39 is 32.4 Å². The number of likely N-dealkylation sites (N-methyl/N-ethyl adjacent to an activating group) is 1. The highest BCUT2D eigenvalue weighted by Gasteiger charge is 2.26. The molecule has 3 rings (SSSR count). The molecule has 154 valence electrons. The summed E-state index contributed by atoms with van der Waals surface area (Å²) in [4.78, 5) is 3.37. The van der Waals surface area contributed by atoms with Gasteiger partial charge in [-0.05, 0) is 30.8 Å². The van der Waals surface area contributed by atoms with E-state index in [-0.39, 0.29) is 18.1 Å². The largest absolute Gasteiger partial charge is 0.367 e. The molecule has 1 aliphatic heterocycles. The summed E-state index contributed by atoms with van der Waals surface area (Å²) in [7, 11) is -4.43. The molecular weight excluding hydrogens is 415 g/mol. The quantitative estimate of drug-likeness (QED) is 0.731. The lowest BCUT2D eigenvalue weighted by atomic mass is 10.2. The number of rotatable bonds is 5. The molecule has 28 heavy (non-hydrogen) atoms. The minimum atomic E-state index is -4.43. The van der Waals surface area contributed by atoms with E-state index in [9.17, 15) is 21.6 Å². The lowest BCUT2D eigenvalue weighted by Gasteiger charge is -2.36. The fourth-order valence-corrected chi connectivity index (χ4v) is 4.20. The number of piperazine rings is 1. The Morgan fingerprint density at radius 2 is 1.61 bits per heavy atom. The van der Waals surface area contributed by atoms with Crippen LogP contribution in [0.1, 0.15) is 6.92 Å². The predicted molar refractivity (Wildman–Crippen MR) is 105 cm³/mol. The molecule has 0 amide bonds. The summed E-state index contributed by atoms with van der Waals surface area (Å²) in [5, 5.41) is 0. The van der Waals surface area contributed by atoms with Gasteiger partial charge < -0.3 is 9.80 Å². The summed E-state index contributed by atoms with van der Waals surface area (Å²) < 4.78 is 67.9. The number of hydrogen-bond donors (Lipinski definition) is 1. The van der Waals surface area contributed by atoms with Crippen LogP contribution in [0.2, 0.25) is 0 Å². The molecule has 0 aliphatic carbocycles. The van der Waals surface area contributed by atoms with Crippen LogP contribution < -0.4 is 9.62 Å². The van der Waals surface area contributed by atoms with Crippen molar-refractivity contribution in [3.8, 4) is 0 Å². The van der Waals surface area contributed by atoms with E-state index in [1.165, 1.54) is 0 Å². The maximum absolute atomic E-state index is 13.9. The van der Waals surface area contributed by atoms with Gasteiger partial charge in [0.15, 0.2) is 17.5 Å². The van der Waals surface area contributed by atoms with E-state index >= 15 is 0 Å². The highest BCUT2D eigenvalue weighted by atomic mass is 35.5. The van der Waals surface area contributed by atoms with Crippen molar-refractivity contribution in [2.75, 3.05) is 42.3 Å². The van der Waals surface area contributed by atoms with Crippen LogP contribution in [0.4, 0.5) is 24.5 Å². The molecule has 2 aromatic carbocycles. The summed E-state index contributed by atoms with van der Waals surface area (Å²) >= 11 is 0. The minimum Gasteiger partial charge on any atom is -0.367 e. The molecule has 0 unspecified atom stereocenters. The molecule has 0 saturated carbocycles. The summed E-state index contributed by atoms with van der Waals surface area (Å²) in [6.45, 7) is 6.13. The Kier molecular flexibility index (Phi) is 7.19. The van der Waals surface area contributed by atoms with E-state index in [4.69, 9.17) is 0 Å². The molecule has 10 heteroatoms. The maximum atomic E-state index is 13.9. The second-order valence-electron chi connectivity index (χ2n) is 6.22. The average Bonchev–Trinajstić information content (AvgIpc) is 2.66. The Labute approximate surface area is 168 Å². The molecule has 0 spiro atoms. The van der Waals surface area contributed by atoms with Crippen molar-refractivity contribution in [1.82, 2.24) is 4.90 Å². The van der Waals surface area contributed by atoms with Crippen LogP contribution in [0.3, 0.4) is 0 Å². The number of nitrogens with one attached hydrogen (secondary N) is 1. The highest BCUT2D eigenvalue weighted by Crippen LogP contribution is 2.30. The molecule has 1 N–H and O–H groups in total. The number of sulfonamides is 1. The number of anilines is 2. The van der Waals surface area contributed by atoms with E-state index in [2.05, 4.69) is 16.5 Å². The van der Waals surface area contributed by atoms with Crippen LogP contribution >= 0.6 is 12.4 Å². The van der Waals surface area contributed by atoms with Crippen molar-refractivity contribution >= 4 is 33.8 Å². The monoisotopic (exact) mass is 435 g/mol. The first kappa shape index (κ1) is 22.3. The minimum absolute atomic E-state index is 0. The normalized spacial score (nSPS) is 15.2. The van der Waals surface area contributed by atoms with Crippen molar-refractivity contribution < 1.29 is 21.6 Å². The van der Waals surface area contributed by atoms with Gasteiger partial charge in [0.05, 0.1) is 11.4 Å². The van der Waals surface area contributed by atoms with Gasteiger partial charge in [-0.25, -0.2) is 21.6 Å². The number of para-hydroxylation sites is 2. The molecule has 1 fully saturated rings. The van der Waals surface area contributed by atoms with E-state index in [0.29, 0.717) is 30.9 Å². The molecule has 1 saturated heterocycles. The third-order valence-corrected chi connectivity index (χ3v) is 5.98. The molecule has 2 aromatic rings. The Balaban J connectivity index is 0.00000280. The van der Waals surface area contributed by atoms with Crippen molar-refractivity contribution in [2.45, 2.75) is 11.8 Å². The van der Waals surface area contributed by atoms with Crippen molar-refractivity contribution in [3.05, 3.63) is 53.8 Å². The zero-order valence-electron chi connectivity index (χ0n) is 15.2. The Morgan fingerprint density at radius 1 is 0.964 bits per heavy atom. The Bertz CT molecular complexity index is 936. The molecule has 0 radical (unpaired) electrons. The number of benzene rings is 2. The van der Waals surface area contributed by atoms with Crippen LogP contribution in [-0.4, -0.2) is 46.0 Å². The molecule has 5 nitrogen and oxygen atoms in total. The Hall–Kier alpha value is -1.97. The lowest BCUT2D eigenvalue weighted by molar-refractivity contribution is 0.271. The van der Waals surface area contributed by atoms with Gasteiger partial charge in [0.1, 0.15) is 4.90 Å². The fraction of sp³-hybridized carbons (Fsp3) is 0.333.